The number of esters is 1. The van der Waals surface area contributed by atoms with Crippen LogP contribution < -0.4 is 5.32 Å². The number of carbonyl (C=O) groups is 2. The number of amides is 1. The van der Waals surface area contributed by atoms with E-state index in [-0.39, 0.29) is 22.5 Å². The zero-order valence-electron chi connectivity index (χ0n) is 11.6. The minimum absolute atomic E-state index is 0.119. The van der Waals surface area contributed by atoms with Crippen molar-refractivity contribution in [2.75, 3.05) is 12.4 Å². The highest BCUT2D eigenvalue weighted by atomic mass is 16.6. The summed E-state index contributed by atoms with van der Waals surface area (Å²) in [5.74, 6) is -1.14. The average molecular weight is 300 g/mol. The van der Waals surface area contributed by atoms with Gasteiger partial charge in [0.2, 0.25) is 0 Å². The van der Waals surface area contributed by atoms with E-state index in [0.717, 1.165) is 6.07 Å². The van der Waals surface area contributed by atoms with Crippen molar-refractivity contribution in [1.29, 1.82) is 0 Å². The smallest absolute Gasteiger partial charge is 0.339 e. The predicted molar refractivity (Wildman–Crippen MR) is 78.8 cm³/mol. The second kappa shape index (κ2) is 6.49. The fourth-order valence-electron chi connectivity index (χ4n) is 1.84. The molecule has 0 aliphatic carbocycles. The van der Waals surface area contributed by atoms with Gasteiger partial charge in [-0.3, -0.25) is 14.9 Å². The van der Waals surface area contributed by atoms with Crippen molar-refractivity contribution in [3.63, 3.8) is 0 Å². The van der Waals surface area contributed by atoms with E-state index in [4.69, 9.17) is 0 Å². The molecular formula is C15H12N2O5. The highest BCUT2D eigenvalue weighted by Crippen LogP contribution is 2.19. The predicted octanol–water partition coefficient (Wildman–Crippen LogP) is 2.63. The SMILES string of the molecule is COC(=O)c1ccccc1NC(=O)c1cccc([N+](=O)[O-])c1. The van der Waals surface area contributed by atoms with E-state index in [0.29, 0.717) is 0 Å². The van der Waals surface area contributed by atoms with E-state index in [2.05, 4.69) is 10.1 Å². The third-order valence-electron chi connectivity index (χ3n) is 2.90. The van der Waals surface area contributed by atoms with Crippen molar-refractivity contribution in [3.05, 3.63) is 69.8 Å². The molecule has 22 heavy (non-hydrogen) atoms. The number of nitrogens with zero attached hydrogens (tertiary/aromatic N) is 1. The van der Waals surface area contributed by atoms with E-state index >= 15 is 0 Å². The van der Waals surface area contributed by atoms with Gasteiger partial charge < -0.3 is 10.1 Å². The van der Waals surface area contributed by atoms with Crippen LogP contribution in [0, 0.1) is 10.1 Å². The van der Waals surface area contributed by atoms with Crippen LogP contribution in [0.1, 0.15) is 20.7 Å². The molecule has 0 saturated carbocycles. The third-order valence-corrected chi connectivity index (χ3v) is 2.90. The summed E-state index contributed by atoms with van der Waals surface area (Å²) < 4.78 is 4.64. The molecule has 0 bridgehead atoms. The van der Waals surface area contributed by atoms with E-state index in [9.17, 15) is 19.7 Å². The number of anilines is 1. The molecule has 2 aromatic carbocycles. The number of ether oxygens (including phenoxy) is 1. The van der Waals surface area contributed by atoms with Crippen molar-refractivity contribution in [1.82, 2.24) is 0 Å². The molecular weight excluding hydrogens is 288 g/mol. The number of rotatable bonds is 4. The molecule has 7 nitrogen and oxygen atoms in total. The van der Waals surface area contributed by atoms with E-state index < -0.39 is 16.8 Å². The van der Waals surface area contributed by atoms with Crippen LogP contribution in [0.15, 0.2) is 48.5 Å². The molecule has 0 radical (unpaired) electrons. The first-order valence-corrected chi connectivity index (χ1v) is 6.26. The van der Waals surface area contributed by atoms with E-state index in [1.54, 1.807) is 18.2 Å². The van der Waals surface area contributed by atoms with Gasteiger partial charge in [0.15, 0.2) is 0 Å². The van der Waals surface area contributed by atoms with Crippen molar-refractivity contribution < 1.29 is 19.2 Å². The standard InChI is InChI=1S/C15H12N2O5/c1-22-15(19)12-7-2-3-8-13(12)16-14(18)10-5-4-6-11(9-10)17(20)21/h2-9H,1H3,(H,16,18). The van der Waals surface area contributed by atoms with Gasteiger partial charge in [-0.05, 0) is 18.2 Å². The minimum Gasteiger partial charge on any atom is -0.465 e. The number of hydrogen-bond donors (Lipinski definition) is 1. The van der Waals surface area contributed by atoms with E-state index in [1.807, 2.05) is 0 Å². The average Bonchev–Trinajstić information content (AvgIpc) is 2.54. The van der Waals surface area contributed by atoms with Gasteiger partial charge in [0, 0.05) is 17.7 Å². The first-order valence-electron chi connectivity index (χ1n) is 6.26. The van der Waals surface area contributed by atoms with Crippen molar-refractivity contribution >= 4 is 23.3 Å². The summed E-state index contributed by atoms with van der Waals surface area (Å²) in [5, 5.41) is 13.3. The van der Waals surface area contributed by atoms with Crippen LogP contribution in [-0.2, 0) is 4.74 Å². The second-order valence-electron chi connectivity index (χ2n) is 4.30. The van der Waals surface area contributed by atoms with Crippen LogP contribution in [0.25, 0.3) is 0 Å². The molecule has 0 aliphatic heterocycles. The molecule has 2 rings (SSSR count). The normalized spacial score (nSPS) is 9.86. The monoisotopic (exact) mass is 300 g/mol. The number of para-hydroxylation sites is 1. The Bertz CT molecular complexity index is 742. The number of carbonyl (C=O) groups excluding carboxylic acids is 2. The Morgan fingerprint density at radius 3 is 2.55 bits per heavy atom. The number of methoxy groups -OCH3 is 1. The Morgan fingerprint density at radius 1 is 1.14 bits per heavy atom. The van der Waals surface area contributed by atoms with Gasteiger partial charge in [-0.2, -0.15) is 0 Å². The Balaban J connectivity index is 2.28. The Kier molecular flexibility index (Phi) is 4.47. The number of nitro benzene ring substituents is 1. The van der Waals surface area contributed by atoms with Gasteiger partial charge in [-0.25, -0.2) is 4.79 Å². The molecule has 0 aliphatic rings. The van der Waals surface area contributed by atoms with Crippen LogP contribution in [0.4, 0.5) is 11.4 Å². The molecule has 0 heterocycles. The molecule has 0 atom stereocenters. The quantitative estimate of drug-likeness (QED) is 0.531. The first-order chi connectivity index (χ1) is 10.5. The molecule has 0 saturated heterocycles. The summed E-state index contributed by atoms with van der Waals surface area (Å²) in [6.45, 7) is 0. The number of hydrogen-bond acceptors (Lipinski definition) is 5. The Hall–Kier alpha value is -3.22. The van der Waals surface area contributed by atoms with Gasteiger partial charge >= 0.3 is 5.97 Å². The number of nitro groups is 1. The molecule has 0 aromatic heterocycles. The summed E-state index contributed by atoms with van der Waals surface area (Å²) in [7, 11) is 1.24. The van der Waals surface area contributed by atoms with Crippen molar-refractivity contribution in [2.45, 2.75) is 0 Å². The largest absolute Gasteiger partial charge is 0.465 e. The molecule has 1 amide bonds. The zero-order valence-corrected chi connectivity index (χ0v) is 11.6. The van der Waals surface area contributed by atoms with Gasteiger partial charge in [-0.1, -0.05) is 18.2 Å². The maximum Gasteiger partial charge on any atom is 0.339 e. The Morgan fingerprint density at radius 2 is 1.86 bits per heavy atom. The van der Waals surface area contributed by atoms with Crippen LogP contribution in [0.2, 0.25) is 0 Å². The summed E-state index contributed by atoms with van der Waals surface area (Å²) >= 11 is 0. The van der Waals surface area contributed by atoms with Crippen LogP contribution in [-0.4, -0.2) is 23.9 Å². The maximum atomic E-state index is 12.2. The highest BCUT2D eigenvalue weighted by molar-refractivity contribution is 6.08. The maximum absolute atomic E-state index is 12.2. The highest BCUT2D eigenvalue weighted by Gasteiger charge is 2.16. The third kappa shape index (κ3) is 3.26. The number of non-ortho nitro benzene ring substituents is 1. The second-order valence-corrected chi connectivity index (χ2v) is 4.30. The number of nitrogens with one attached hydrogen (secondary N) is 1. The summed E-state index contributed by atoms with van der Waals surface area (Å²) in [6.07, 6.45) is 0. The molecule has 2 aromatic rings. The van der Waals surface area contributed by atoms with Gasteiger partial charge in [0.25, 0.3) is 11.6 Å². The van der Waals surface area contributed by atoms with Crippen LogP contribution >= 0.6 is 0 Å². The lowest BCUT2D eigenvalue weighted by Crippen LogP contribution is -2.15. The van der Waals surface area contributed by atoms with Gasteiger partial charge in [-0.15, -0.1) is 0 Å². The molecule has 1 N–H and O–H groups in total. The van der Waals surface area contributed by atoms with Gasteiger partial charge in [0.1, 0.15) is 0 Å². The summed E-state index contributed by atoms with van der Waals surface area (Å²) in [6, 6.07) is 11.7. The van der Waals surface area contributed by atoms with Crippen molar-refractivity contribution in [3.8, 4) is 0 Å². The van der Waals surface area contributed by atoms with Crippen LogP contribution in [0.5, 0.6) is 0 Å². The van der Waals surface area contributed by atoms with Crippen molar-refractivity contribution in [2.24, 2.45) is 0 Å². The molecule has 112 valence electrons. The Labute approximate surface area is 125 Å². The fourth-order valence-corrected chi connectivity index (χ4v) is 1.84. The van der Waals surface area contributed by atoms with Gasteiger partial charge in [0.05, 0.1) is 23.3 Å². The summed E-state index contributed by atoms with van der Waals surface area (Å²) in [5.41, 5.74) is 0.400. The lowest BCUT2D eigenvalue weighted by molar-refractivity contribution is -0.384. The molecule has 0 spiro atoms. The molecule has 7 heteroatoms. The topological polar surface area (TPSA) is 98.5 Å². The first kappa shape index (κ1) is 15.2. The fraction of sp³-hybridized carbons (Fsp3) is 0.0667. The lowest BCUT2D eigenvalue weighted by atomic mass is 10.1. The molecule has 0 unspecified atom stereocenters. The summed E-state index contributed by atoms with van der Waals surface area (Å²) in [4.78, 5) is 33.9. The molecule has 0 fully saturated rings. The minimum atomic E-state index is -0.588. The van der Waals surface area contributed by atoms with E-state index in [1.165, 1.54) is 31.4 Å². The number of benzene rings is 2. The van der Waals surface area contributed by atoms with Crippen LogP contribution in [0.3, 0.4) is 0 Å². The zero-order chi connectivity index (χ0) is 16.1. The lowest BCUT2D eigenvalue weighted by Gasteiger charge is -2.09.